The smallest absolute Gasteiger partial charge is 0.181 e. The average molecular weight is 336 g/mol. The van der Waals surface area contributed by atoms with Crippen molar-refractivity contribution in [3.05, 3.63) is 18.3 Å². The maximum atomic E-state index is 12.0. The van der Waals surface area contributed by atoms with Gasteiger partial charge in [0.05, 0.1) is 19.3 Å². The summed E-state index contributed by atoms with van der Waals surface area (Å²) in [4.78, 5) is 11.2. The second kappa shape index (κ2) is 6.25. The molecule has 3 rings (SSSR count). The highest BCUT2D eigenvalue weighted by atomic mass is 32.2. The number of ether oxygens (including phenoxy) is 1. The topological polar surface area (TPSA) is 96.4 Å². The van der Waals surface area contributed by atoms with Gasteiger partial charge in [-0.2, -0.15) is 9.46 Å². The minimum Gasteiger partial charge on any atom is -0.377 e. The summed E-state index contributed by atoms with van der Waals surface area (Å²) in [5.41, 5.74) is 0.697. The van der Waals surface area contributed by atoms with E-state index in [1.54, 1.807) is 30.8 Å². The summed E-state index contributed by atoms with van der Waals surface area (Å²) < 4.78 is 21.7. The predicted octanol–water partition coefficient (Wildman–Crippen LogP) is 1.45. The Morgan fingerprint density at radius 1 is 1.43 bits per heavy atom. The highest BCUT2D eigenvalue weighted by molar-refractivity contribution is 7.92. The number of hydrogen-bond donors (Lipinski definition) is 1. The molecule has 1 fully saturated rings. The van der Waals surface area contributed by atoms with Crippen LogP contribution in [0.3, 0.4) is 0 Å². The first-order chi connectivity index (χ1) is 10.9. The van der Waals surface area contributed by atoms with E-state index in [1.165, 1.54) is 0 Å². The molecular formula is C14H20N6O2S. The van der Waals surface area contributed by atoms with Gasteiger partial charge in [0.25, 0.3) is 0 Å². The number of rotatable bonds is 3. The molecule has 0 spiro atoms. The molecule has 8 nitrogen and oxygen atoms in total. The number of nitrogens with one attached hydrogen (secondary N) is 1. The Hall–Kier alpha value is -2.00. The van der Waals surface area contributed by atoms with Crippen molar-refractivity contribution >= 4 is 21.4 Å². The Morgan fingerprint density at radius 3 is 2.91 bits per heavy atom. The van der Waals surface area contributed by atoms with Crippen molar-refractivity contribution in [3.8, 4) is 11.5 Å². The van der Waals surface area contributed by atoms with Crippen molar-refractivity contribution in [3.63, 3.8) is 0 Å². The summed E-state index contributed by atoms with van der Waals surface area (Å²) in [5, 5.41) is 6.79. The van der Waals surface area contributed by atoms with Crippen molar-refractivity contribution in [2.75, 3.05) is 37.2 Å². The molecule has 0 radical (unpaired) electrons. The van der Waals surface area contributed by atoms with Crippen molar-refractivity contribution in [2.45, 2.75) is 13.0 Å². The van der Waals surface area contributed by atoms with Gasteiger partial charge in [-0.15, -0.1) is 0 Å². The van der Waals surface area contributed by atoms with Crippen LogP contribution >= 0.6 is 0 Å². The van der Waals surface area contributed by atoms with Gasteiger partial charge in [-0.3, -0.25) is 5.10 Å². The van der Waals surface area contributed by atoms with Crippen LogP contribution in [-0.2, 0) is 14.5 Å². The molecule has 0 saturated carbocycles. The fourth-order valence-corrected chi connectivity index (χ4v) is 2.95. The summed E-state index contributed by atoms with van der Waals surface area (Å²) in [6, 6.07) is 3.77. The van der Waals surface area contributed by atoms with Crippen LogP contribution < -0.4 is 4.90 Å². The number of anilines is 1. The van der Waals surface area contributed by atoms with Crippen molar-refractivity contribution < 1.29 is 8.95 Å². The molecule has 1 N–H and O–H groups in total. The highest BCUT2D eigenvalue weighted by Crippen LogP contribution is 2.25. The molecule has 1 aliphatic heterocycles. The zero-order valence-corrected chi connectivity index (χ0v) is 14.2. The summed E-state index contributed by atoms with van der Waals surface area (Å²) in [6.45, 7) is 4.12. The SMILES string of the molecule is C[C@@H]1COCCN1c1cc(N=S(C)(C)=O)nc(-c2ccn[nH]2)n1. The van der Waals surface area contributed by atoms with Crippen LogP contribution in [0.1, 0.15) is 6.92 Å². The van der Waals surface area contributed by atoms with Gasteiger partial charge in [-0.25, -0.2) is 14.2 Å². The normalized spacial score (nSPS) is 18.9. The molecule has 2 aromatic heterocycles. The quantitative estimate of drug-likeness (QED) is 0.911. The summed E-state index contributed by atoms with van der Waals surface area (Å²) in [7, 11) is -2.31. The van der Waals surface area contributed by atoms with Gasteiger partial charge in [0.1, 0.15) is 11.5 Å². The Morgan fingerprint density at radius 2 is 2.26 bits per heavy atom. The second-order valence-corrected chi connectivity index (χ2v) is 8.31. The Balaban J connectivity index is 2.09. The lowest BCUT2D eigenvalue weighted by atomic mass is 10.2. The van der Waals surface area contributed by atoms with E-state index in [-0.39, 0.29) is 6.04 Å². The van der Waals surface area contributed by atoms with Crippen LogP contribution in [0.15, 0.2) is 22.7 Å². The fourth-order valence-electron chi connectivity index (χ4n) is 2.41. The lowest BCUT2D eigenvalue weighted by Gasteiger charge is -2.34. The number of aromatic amines is 1. The third-order valence-electron chi connectivity index (χ3n) is 3.42. The maximum Gasteiger partial charge on any atom is 0.181 e. The zero-order chi connectivity index (χ0) is 16.4. The number of H-pyrrole nitrogens is 1. The van der Waals surface area contributed by atoms with E-state index in [0.717, 1.165) is 12.4 Å². The van der Waals surface area contributed by atoms with Crippen molar-refractivity contribution in [1.29, 1.82) is 0 Å². The molecule has 1 atom stereocenters. The Labute approximate surface area is 135 Å². The van der Waals surface area contributed by atoms with Gasteiger partial charge in [0.2, 0.25) is 0 Å². The van der Waals surface area contributed by atoms with Crippen LogP contribution in [0, 0.1) is 0 Å². The molecule has 1 aliphatic rings. The number of nitrogens with zero attached hydrogens (tertiary/aromatic N) is 5. The maximum absolute atomic E-state index is 12.0. The molecule has 23 heavy (non-hydrogen) atoms. The van der Waals surface area contributed by atoms with Gasteiger partial charge < -0.3 is 9.64 Å². The van der Waals surface area contributed by atoms with Crippen LogP contribution in [0.4, 0.5) is 11.6 Å². The summed E-state index contributed by atoms with van der Waals surface area (Å²) in [5.74, 6) is 1.65. The van der Waals surface area contributed by atoms with Gasteiger partial charge in [0.15, 0.2) is 11.6 Å². The number of aromatic nitrogens is 4. The molecular weight excluding hydrogens is 316 g/mol. The third kappa shape index (κ3) is 3.85. The first-order valence-electron chi connectivity index (χ1n) is 7.33. The van der Waals surface area contributed by atoms with Gasteiger partial charge >= 0.3 is 0 Å². The lowest BCUT2D eigenvalue weighted by Crippen LogP contribution is -2.44. The third-order valence-corrected chi connectivity index (χ3v) is 4.04. The molecule has 0 bridgehead atoms. The van der Waals surface area contributed by atoms with E-state index < -0.39 is 9.73 Å². The van der Waals surface area contributed by atoms with Crippen LogP contribution in [0.5, 0.6) is 0 Å². The van der Waals surface area contributed by atoms with Crippen LogP contribution in [0.2, 0.25) is 0 Å². The Bertz CT molecular complexity index is 790. The largest absolute Gasteiger partial charge is 0.377 e. The zero-order valence-electron chi connectivity index (χ0n) is 13.4. The van der Waals surface area contributed by atoms with Crippen LogP contribution in [0.25, 0.3) is 11.5 Å². The minimum absolute atomic E-state index is 0.203. The highest BCUT2D eigenvalue weighted by Gasteiger charge is 2.22. The van der Waals surface area contributed by atoms with Crippen molar-refractivity contribution in [1.82, 2.24) is 20.2 Å². The Kier molecular flexibility index (Phi) is 4.31. The number of morpholine rings is 1. The minimum atomic E-state index is -2.31. The molecule has 3 heterocycles. The van der Waals surface area contributed by atoms with E-state index in [2.05, 4.69) is 36.4 Å². The standard InChI is InChI=1S/C14H20N6O2S/c1-10-9-22-7-6-20(10)13-8-12(19-23(2,3)21)16-14(17-13)11-4-5-15-18-11/h4-5,8,10H,6-7,9H2,1-3H3,(H,15,18)/t10-/m1/s1. The molecule has 0 amide bonds. The summed E-state index contributed by atoms with van der Waals surface area (Å²) in [6.07, 6.45) is 4.81. The number of hydrogen-bond acceptors (Lipinski definition) is 7. The molecule has 9 heteroatoms. The van der Waals surface area contributed by atoms with E-state index in [0.29, 0.717) is 30.5 Å². The van der Waals surface area contributed by atoms with E-state index >= 15 is 0 Å². The van der Waals surface area contributed by atoms with E-state index in [1.807, 2.05) is 0 Å². The van der Waals surface area contributed by atoms with E-state index in [9.17, 15) is 4.21 Å². The molecule has 124 valence electrons. The lowest BCUT2D eigenvalue weighted by molar-refractivity contribution is 0.0985. The van der Waals surface area contributed by atoms with Crippen molar-refractivity contribution in [2.24, 2.45) is 4.36 Å². The predicted molar refractivity (Wildman–Crippen MR) is 89.3 cm³/mol. The molecule has 0 aromatic carbocycles. The average Bonchev–Trinajstić information content (AvgIpc) is 2.99. The van der Waals surface area contributed by atoms with Gasteiger partial charge in [-0.1, -0.05) is 0 Å². The second-order valence-electron chi connectivity index (χ2n) is 5.77. The molecule has 2 aromatic rings. The fraction of sp³-hybridized carbons (Fsp3) is 0.500. The first kappa shape index (κ1) is 15.9. The molecule has 0 unspecified atom stereocenters. The molecule has 1 saturated heterocycles. The van der Waals surface area contributed by atoms with Gasteiger partial charge in [-0.05, 0) is 13.0 Å². The molecule has 0 aliphatic carbocycles. The van der Waals surface area contributed by atoms with E-state index in [4.69, 9.17) is 4.74 Å². The van der Waals surface area contributed by atoms with Gasteiger partial charge in [0, 0.05) is 41.0 Å². The monoisotopic (exact) mass is 336 g/mol. The van der Waals surface area contributed by atoms with Crippen LogP contribution in [-0.4, -0.2) is 62.7 Å². The first-order valence-corrected chi connectivity index (χ1v) is 9.66. The summed E-state index contributed by atoms with van der Waals surface area (Å²) >= 11 is 0.